The fraction of sp³-hybridized carbons (Fsp3) is 0.143. The number of carbonyl (C=O) groups is 1. The maximum atomic E-state index is 13.2. The van der Waals surface area contributed by atoms with Crippen LogP contribution in [0, 0.1) is 37.9 Å². The number of benzene rings is 4. The Hall–Kier alpha value is -5.55. The van der Waals surface area contributed by atoms with Crippen LogP contribution < -0.4 is 19.9 Å². The molecule has 5 aromatic rings. The van der Waals surface area contributed by atoms with Crippen molar-refractivity contribution in [1.29, 1.82) is 5.26 Å². The largest absolute Gasteiger partial charge is 0.489 e. The zero-order valence-electron chi connectivity index (χ0n) is 23.7. The lowest BCUT2D eigenvalue weighted by atomic mass is 9.83. The molecule has 0 amide bonds. The molecule has 0 fully saturated rings. The van der Waals surface area contributed by atoms with E-state index in [2.05, 4.69) is 6.07 Å². The molecule has 43 heavy (non-hydrogen) atoms. The van der Waals surface area contributed by atoms with E-state index >= 15 is 0 Å². The number of hydrogen-bond donors (Lipinski definition) is 1. The quantitative estimate of drug-likeness (QED) is 0.165. The zero-order chi connectivity index (χ0) is 30.2. The highest BCUT2D eigenvalue weighted by molar-refractivity contribution is 5.97. The molecule has 0 bridgehead atoms. The zero-order valence-corrected chi connectivity index (χ0v) is 23.7. The van der Waals surface area contributed by atoms with Crippen molar-refractivity contribution in [2.45, 2.75) is 33.3 Å². The Morgan fingerprint density at radius 3 is 2.37 bits per heavy atom. The molecule has 0 spiro atoms. The minimum absolute atomic E-state index is 0.0287. The lowest BCUT2D eigenvalue weighted by molar-refractivity contribution is 0.0702. The number of carbonyl (C=O) groups excluding carboxylic acids is 1. The summed E-state index contributed by atoms with van der Waals surface area (Å²) in [5.41, 5.74) is 12.3. The van der Waals surface area contributed by atoms with Crippen LogP contribution in [0.15, 0.2) is 94.7 Å². The van der Waals surface area contributed by atoms with Crippen LogP contribution in [0.4, 0.5) is 4.39 Å². The first-order valence-electron chi connectivity index (χ1n) is 13.6. The molecule has 1 atom stereocenters. The van der Waals surface area contributed by atoms with E-state index in [0.29, 0.717) is 28.2 Å². The molecule has 214 valence electrons. The third-order valence-corrected chi connectivity index (χ3v) is 7.67. The van der Waals surface area contributed by atoms with Crippen molar-refractivity contribution in [2.24, 2.45) is 5.73 Å². The molecule has 2 N–H and O–H groups in total. The fourth-order valence-corrected chi connectivity index (χ4v) is 5.17. The van der Waals surface area contributed by atoms with Gasteiger partial charge in [-0.1, -0.05) is 30.3 Å². The summed E-state index contributed by atoms with van der Waals surface area (Å²) in [5.74, 6) is -0.110. The number of nitrogens with two attached hydrogens (primary N) is 1. The highest BCUT2D eigenvalue weighted by atomic mass is 19.1. The van der Waals surface area contributed by atoms with Crippen molar-refractivity contribution in [3.63, 3.8) is 0 Å². The minimum Gasteiger partial charge on any atom is -0.489 e. The summed E-state index contributed by atoms with van der Waals surface area (Å²) in [6, 6.07) is 24.5. The molecule has 0 radical (unpaired) electrons. The molecule has 1 aliphatic rings. The van der Waals surface area contributed by atoms with E-state index in [1.54, 1.807) is 42.5 Å². The highest BCUT2D eigenvalue weighted by Crippen LogP contribution is 2.44. The van der Waals surface area contributed by atoms with Crippen LogP contribution in [0.3, 0.4) is 0 Å². The number of ether oxygens (including phenoxy) is 3. The van der Waals surface area contributed by atoms with E-state index in [1.165, 1.54) is 12.1 Å². The third kappa shape index (κ3) is 5.29. The highest BCUT2D eigenvalue weighted by Gasteiger charge is 2.31. The number of halogens is 1. The summed E-state index contributed by atoms with van der Waals surface area (Å²) in [7, 11) is 0. The average Bonchev–Trinajstić information content (AvgIpc) is 3.31. The first-order valence-corrected chi connectivity index (χ1v) is 13.6. The number of allylic oxidation sites excluding steroid dienone is 1. The van der Waals surface area contributed by atoms with Gasteiger partial charge in [0.25, 0.3) is 0 Å². The van der Waals surface area contributed by atoms with Crippen LogP contribution in [-0.4, -0.2) is 5.97 Å². The topological polar surface area (TPSA) is 108 Å². The summed E-state index contributed by atoms with van der Waals surface area (Å²) >= 11 is 0. The predicted octanol–water partition coefficient (Wildman–Crippen LogP) is 7.51. The number of nitrogens with zero attached hydrogens (tertiary/aromatic N) is 1. The van der Waals surface area contributed by atoms with Crippen LogP contribution in [0.1, 0.15) is 49.9 Å². The van der Waals surface area contributed by atoms with Crippen molar-refractivity contribution in [3.8, 4) is 23.3 Å². The molecular weight excluding hydrogens is 547 g/mol. The molecule has 0 aliphatic carbocycles. The van der Waals surface area contributed by atoms with Crippen LogP contribution in [0.2, 0.25) is 0 Å². The van der Waals surface area contributed by atoms with E-state index in [1.807, 2.05) is 45.0 Å². The predicted molar refractivity (Wildman–Crippen MR) is 158 cm³/mol. The van der Waals surface area contributed by atoms with Gasteiger partial charge < -0.3 is 24.4 Å². The van der Waals surface area contributed by atoms with Crippen molar-refractivity contribution in [3.05, 3.63) is 135 Å². The average molecular weight is 575 g/mol. The molecule has 1 unspecified atom stereocenters. The van der Waals surface area contributed by atoms with Gasteiger partial charge >= 0.3 is 5.97 Å². The second-order valence-corrected chi connectivity index (χ2v) is 10.5. The van der Waals surface area contributed by atoms with Gasteiger partial charge in [-0.05, 0) is 85.5 Å². The first kappa shape index (κ1) is 27.6. The molecule has 4 aromatic carbocycles. The van der Waals surface area contributed by atoms with E-state index in [-0.39, 0.29) is 35.4 Å². The Bertz CT molecular complexity index is 1950. The lowest BCUT2D eigenvalue weighted by Crippen LogP contribution is -2.21. The molecule has 0 saturated heterocycles. The Morgan fingerprint density at radius 1 is 0.953 bits per heavy atom. The summed E-state index contributed by atoms with van der Waals surface area (Å²) in [4.78, 5) is 13.1. The Morgan fingerprint density at radius 2 is 1.65 bits per heavy atom. The summed E-state index contributed by atoms with van der Waals surface area (Å²) in [5, 5.41) is 10.8. The van der Waals surface area contributed by atoms with Gasteiger partial charge in [-0.3, -0.25) is 0 Å². The van der Waals surface area contributed by atoms with Crippen molar-refractivity contribution < 1.29 is 27.8 Å². The standard InChI is InChI=1S/C35H27FN2O5/c1-19-14-28-21(3)33(42-30(28)15-20(19)2)35(39)41-26-12-13-27-31(16-26)43-34(38)29(17-37)32(27)23-6-10-25(11-7-23)40-18-22-4-8-24(36)9-5-22/h4-16,32H,18,38H2,1-3H3. The van der Waals surface area contributed by atoms with Crippen LogP contribution in [-0.2, 0) is 6.61 Å². The van der Waals surface area contributed by atoms with Crippen LogP contribution in [0.5, 0.6) is 17.2 Å². The number of aryl methyl sites for hydroxylation is 3. The first-order chi connectivity index (χ1) is 20.7. The fourth-order valence-electron chi connectivity index (χ4n) is 5.17. The number of furan rings is 1. The number of nitriles is 1. The molecule has 6 rings (SSSR count). The van der Waals surface area contributed by atoms with Gasteiger partial charge in [0.15, 0.2) is 0 Å². The molecule has 8 heteroatoms. The van der Waals surface area contributed by atoms with Gasteiger partial charge in [-0.25, -0.2) is 9.18 Å². The Kier molecular flexibility index (Phi) is 7.08. The third-order valence-electron chi connectivity index (χ3n) is 7.67. The Balaban J connectivity index is 1.24. The van der Waals surface area contributed by atoms with Gasteiger partial charge in [0.05, 0.1) is 5.92 Å². The van der Waals surface area contributed by atoms with Crippen molar-refractivity contribution in [2.75, 3.05) is 0 Å². The number of hydrogen-bond acceptors (Lipinski definition) is 7. The molecule has 1 aromatic heterocycles. The second-order valence-electron chi connectivity index (χ2n) is 10.5. The maximum absolute atomic E-state index is 13.2. The molecule has 0 saturated carbocycles. The van der Waals surface area contributed by atoms with E-state index in [0.717, 1.165) is 27.6 Å². The van der Waals surface area contributed by atoms with E-state index in [9.17, 15) is 14.4 Å². The van der Waals surface area contributed by atoms with Crippen molar-refractivity contribution in [1.82, 2.24) is 0 Å². The smallest absolute Gasteiger partial charge is 0.379 e. The summed E-state index contributed by atoms with van der Waals surface area (Å²) in [6.07, 6.45) is 0. The Labute approximate surface area is 247 Å². The number of fused-ring (bicyclic) bond motifs is 2. The van der Waals surface area contributed by atoms with Crippen LogP contribution in [0.25, 0.3) is 11.0 Å². The molecule has 2 heterocycles. The minimum atomic E-state index is -0.631. The van der Waals surface area contributed by atoms with Crippen LogP contribution >= 0.6 is 0 Å². The molecule has 1 aliphatic heterocycles. The summed E-state index contributed by atoms with van der Waals surface area (Å²) < 4.78 is 36.4. The van der Waals surface area contributed by atoms with E-state index in [4.69, 9.17) is 24.4 Å². The van der Waals surface area contributed by atoms with E-state index < -0.39 is 11.9 Å². The SMILES string of the molecule is Cc1cc2oc(C(=O)Oc3ccc4c(c3)OC(N)=C(C#N)C4c3ccc(OCc4ccc(F)cc4)cc3)c(C)c2cc1C. The monoisotopic (exact) mass is 574 g/mol. The van der Waals surface area contributed by atoms with Gasteiger partial charge in [0.2, 0.25) is 11.6 Å². The normalized spacial score (nSPS) is 14.2. The number of esters is 1. The number of rotatable bonds is 6. The molecule has 7 nitrogen and oxygen atoms in total. The van der Waals surface area contributed by atoms with Crippen molar-refractivity contribution >= 4 is 16.9 Å². The van der Waals surface area contributed by atoms with Gasteiger partial charge in [0.1, 0.15) is 46.9 Å². The second kappa shape index (κ2) is 11.0. The maximum Gasteiger partial charge on any atom is 0.379 e. The molecular formula is C35H27FN2O5. The van der Waals surface area contributed by atoms with Gasteiger partial charge in [-0.2, -0.15) is 5.26 Å². The van der Waals surface area contributed by atoms with Gasteiger partial charge in [0, 0.05) is 22.6 Å². The summed E-state index contributed by atoms with van der Waals surface area (Å²) in [6.45, 7) is 6.10. The van der Waals surface area contributed by atoms with Gasteiger partial charge in [-0.15, -0.1) is 0 Å². The lowest BCUT2D eigenvalue weighted by Gasteiger charge is -2.26.